The van der Waals surface area contributed by atoms with Crippen LogP contribution < -0.4 is 5.73 Å². The summed E-state index contributed by atoms with van der Waals surface area (Å²) < 4.78 is 23.6. The van der Waals surface area contributed by atoms with Gasteiger partial charge in [-0.05, 0) is 31.9 Å². The van der Waals surface area contributed by atoms with Gasteiger partial charge in [-0.1, -0.05) is 6.07 Å². The molecule has 5 heteroatoms. The highest BCUT2D eigenvalue weighted by atomic mass is 32.2. The summed E-state index contributed by atoms with van der Waals surface area (Å²) in [7, 11) is -2.98. The number of pyridine rings is 1. The van der Waals surface area contributed by atoms with E-state index in [0.717, 1.165) is 17.8 Å². The lowest BCUT2D eigenvalue weighted by Gasteiger charge is -2.35. The second-order valence-electron chi connectivity index (χ2n) is 4.84. The molecule has 4 nitrogen and oxygen atoms in total. The van der Waals surface area contributed by atoms with Gasteiger partial charge in [-0.25, -0.2) is 8.42 Å². The fraction of sp³-hybridized carbons (Fsp3) is 0.583. The molecule has 0 saturated carbocycles. The summed E-state index contributed by atoms with van der Waals surface area (Å²) >= 11 is 0. The van der Waals surface area contributed by atoms with Crippen LogP contribution in [0.2, 0.25) is 0 Å². The van der Waals surface area contributed by atoms with Crippen LogP contribution in [0.4, 0.5) is 0 Å². The molecule has 94 valence electrons. The van der Waals surface area contributed by atoms with Crippen LogP contribution >= 0.6 is 0 Å². The van der Waals surface area contributed by atoms with Crippen molar-refractivity contribution in [2.24, 2.45) is 5.73 Å². The van der Waals surface area contributed by atoms with E-state index in [9.17, 15) is 8.42 Å². The Bertz CT molecular complexity index is 513. The molecule has 0 aromatic carbocycles. The van der Waals surface area contributed by atoms with Crippen molar-refractivity contribution in [1.29, 1.82) is 0 Å². The van der Waals surface area contributed by atoms with Gasteiger partial charge >= 0.3 is 0 Å². The molecule has 1 fully saturated rings. The van der Waals surface area contributed by atoms with Crippen LogP contribution in [0.1, 0.15) is 24.2 Å². The summed E-state index contributed by atoms with van der Waals surface area (Å²) in [5.41, 5.74) is 7.08. The molecule has 1 atom stereocenters. The topological polar surface area (TPSA) is 73.1 Å². The van der Waals surface area contributed by atoms with Gasteiger partial charge in [0.15, 0.2) is 9.84 Å². The molecule has 1 aliphatic rings. The van der Waals surface area contributed by atoms with E-state index in [1.807, 2.05) is 25.1 Å². The van der Waals surface area contributed by atoms with Crippen molar-refractivity contribution in [3.05, 3.63) is 29.6 Å². The SMILES string of the molecule is Cc1cccc(C2(CN)CCCS(=O)(=O)C2)n1. The Hall–Kier alpha value is -0.940. The average molecular weight is 254 g/mol. The van der Waals surface area contributed by atoms with Crippen molar-refractivity contribution in [2.45, 2.75) is 25.2 Å². The molecule has 0 spiro atoms. The summed E-state index contributed by atoms with van der Waals surface area (Å²) in [6, 6.07) is 5.71. The van der Waals surface area contributed by atoms with Gasteiger partial charge in [-0.15, -0.1) is 0 Å². The molecule has 1 aromatic heterocycles. The van der Waals surface area contributed by atoms with Gasteiger partial charge in [0.25, 0.3) is 0 Å². The molecule has 1 saturated heterocycles. The highest BCUT2D eigenvalue weighted by Gasteiger charge is 2.40. The minimum Gasteiger partial charge on any atom is -0.329 e. The molecule has 2 N–H and O–H groups in total. The first kappa shape index (κ1) is 12.5. The first-order valence-electron chi connectivity index (χ1n) is 5.82. The molecule has 0 amide bonds. The number of hydrogen-bond acceptors (Lipinski definition) is 4. The van der Waals surface area contributed by atoms with E-state index in [-0.39, 0.29) is 11.5 Å². The van der Waals surface area contributed by atoms with Gasteiger partial charge in [0, 0.05) is 23.3 Å². The standard InChI is InChI=1S/C12H18N2O2S/c1-10-4-2-5-11(14-10)12(8-13)6-3-7-17(15,16)9-12/h2,4-5H,3,6-9,13H2,1H3. The third-order valence-corrected chi connectivity index (χ3v) is 5.33. The Morgan fingerprint density at radius 3 is 2.82 bits per heavy atom. The van der Waals surface area contributed by atoms with Crippen LogP contribution in [-0.4, -0.2) is 31.5 Å². The van der Waals surface area contributed by atoms with Gasteiger partial charge in [0.05, 0.1) is 11.5 Å². The molecule has 0 aliphatic carbocycles. The van der Waals surface area contributed by atoms with E-state index in [1.165, 1.54) is 0 Å². The summed E-state index contributed by atoms with van der Waals surface area (Å²) in [5.74, 6) is 0.410. The molecule has 2 rings (SSSR count). The van der Waals surface area contributed by atoms with E-state index >= 15 is 0 Å². The largest absolute Gasteiger partial charge is 0.329 e. The van der Waals surface area contributed by atoms with Crippen molar-refractivity contribution >= 4 is 9.84 Å². The highest BCUT2D eigenvalue weighted by Crippen LogP contribution is 2.33. The molecule has 1 aliphatic heterocycles. The van der Waals surface area contributed by atoms with E-state index < -0.39 is 15.3 Å². The van der Waals surface area contributed by atoms with Gasteiger partial charge in [0.1, 0.15) is 0 Å². The molecule has 1 unspecified atom stereocenters. The van der Waals surface area contributed by atoms with Gasteiger partial charge in [0.2, 0.25) is 0 Å². The third-order valence-electron chi connectivity index (χ3n) is 3.43. The zero-order chi connectivity index (χ0) is 12.5. The van der Waals surface area contributed by atoms with Crippen LogP contribution in [-0.2, 0) is 15.3 Å². The summed E-state index contributed by atoms with van der Waals surface area (Å²) in [6.07, 6.45) is 1.48. The van der Waals surface area contributed by atoms with Gasteiger partial charge in [-0.2, -0.15) is 0 Å². The van der Waals surface area contributed by atoms with E-state index in [4.69, 9.17) is 5.73 Å². The normalized spacial score (nSPS) is 27.9. The van der Waals surface area contributed by atoms with Crippen LogP contribution in [0, 0.1) is 6.92 Å². The Labute approximate surface area is 102 Å². The van der Waals surface area contributed by atoms with Crippen LogP contribution in [0.25, 0.3) is 0 Å². The zero-order valence-electron chi connectivity index (χ0n) is 10.0. The fourth-order valence-corrected chi connectivity index (χ4v) is 4.48. The summed E-state index contributed by atoms with van der Waals surface area (Å²) in [4.78, 5) is 4.46. The molecular weight excluding hydrogens is 236 g/mol. The predicted octanol–water partition coefficient (Wildman–Crippen LogP) is 0.795. The number of aryl methyl sites for hydroxylation is 1. The molecule has 0 radical (unpaired) electrons. The minimum absolute atomic E-state index is 0.132. The number of rotatable bonds is 2. The fourth-order valence-electron chi connectivity index (χ4n) is 2.50. The highest BCUT2D eigenvalue weighted by molar-refractivity contribution is 7.91. The number of aromatic nitrogens is 1. The molecule has 1 aromatic rings. The van der Waals surface area contributed by atoms with Crippen molar-refractivity contribution in [1.82, 2.24) is 4.98 Å². The monoisotopic (exact) mass is 254 g/mol. The molecular formula is C12H18N2O2S. The van der Waals surface area contributed by atoms with Crippen molar-refractivity contribution in [3.63, 3.8) is 0 Å². The second-order valence-corrected chi connectivity index (χ2v) is 7.03. The first-order chi connectivity index (χ1) is 7.97. The number of nitrogens with zero attached hydrogens (tertiary/aromatic N) is 1. The lowest BCUT2D eigenvalue weighted by Crippen LogP contribution is -2.46. The first-order valence-corrected chi connectivity index (χ1v) is 7.64. The second kappa shape index (κ2) is 4.38. The van der Waals surface area contributed by atoms with Crippen LogP contribution in [0.3, 0.4) is 0 Å². The van der Waals surface area contributed by atoms with Crippen LogP contribution in [0.15, 0.2) is 18.2 Å². The van der Waals surface area contributed by atoms with Crippen LogP contribution in [0.5, 0.6) is 0 Å². The summed E-state index contributed by atoms with van der Waals surface area (Å²) in [5, 5.41) is 0. The maximum absolute atomic E-state index is 11.8. The predicted molar refractivity (Wildman–Crippen MR) is 67.6 cm³/mol. The average Bonchev–Trinajstić information content (AvgIpc) is 2.27. The molecule has 17 heavy (non-hydrogen) atoms. The maximum Gasteiger partial charge on any atom is 0.151 e. The van der Waals surface area contributed by atoms with Crippen molar-refractivity contribution in [2.75, 3.05) is 18.1 Å². The Kier molecular flexibility index (Phi) is 3.23. The number of sulfone groups is 1. The minimum atomic E-state index is -2.98. The van der Waals surface area contributed by atoms with Gasteiger partial charge in [-0.3, -0.25) is 4.98 Å². The lowest BCUT2D eigenvalue weighted by molar-refractivity contribution is 0.407. The smallest absolute Gasteiger partial charge is 0.151 e. The lowest BCUT2D eigenvalue weighted by atomic mass is 9.81. The van der Waals surface area contributed by atoms with Crippen molar-refractivity contribution < 1.29 is 8.42 Å². The zero-order valence-corrected chi connectivity index (χ0v) is 10.8. The van der Waals surface area contributed by atoms with Gasteiger partial charge < -0.3 is 5.73 Å². The Balaban J connectivity index is 2.44. The molecule has 2 heterocycles. The number of nitrogens with two attached hydrogens (primary N) is 1. The van der Waals surface area contributed by atoms with E-state index in [0.29, 0.717) is 13.0 Å². The quantitative estimate of drug-likeness (QED) is 0.847. The number of hydrogen-bond donors (Lipinski definition) is 1. The third kappa shape index (κ3) is 2.50. The molecule has 0 bridgehead atoms. The Morgan fingerprint density at radius 2 is 2.24 bits per heavy atom. The van der Waals surface area contributed by atoms with Crippen molar-refractivity contribution in [3.8, 4) is 0 Å². The Morgan fingerprint density at radius 1 is 1.47 bits per heavy atom. The maximum atomic E-state index is 11.8. The van der Waals surface area contributed by atoms with E-state index in [2.05, 4.69) is 4.98 Å². The van der Waals surface area contributed by atoms with E-state index in [1.54, 1.807) is 0 Å². The summed E-state index contributed by atoms with van der Waals surface area (Å²) in [6.45, 7) is 2.24.